The average Bonchev–Trinajstić information content (AvgIpc) is 2.88. The molecule has 5 heteroatoms. The zero-order valence-corrected chi connectivity index (χ0v) is 14.6. The highest BCUT2D eigenvalue weighted by Crippen LogP contribution is 2.16. The number of aryl methyl sites for hydroxylation is 1. The second-order valence-corrected chi connectivity index (χ2v) is 5.99. The number of para-hydroxylation sites is 1. The molecule has 1 aromatic heterocycles. The maximum absolute atomic E-state index is 6.00. The maximum Gasteiger partial charge on any atom is 0.193 e. The van der Waals surface area contributed by atoms with Crippen molar-refractivity contribution in [1.82, 2.24) is 9.78 Å². The zero-order valence-electron chi connectivity index (χ0n) is 14.6. The van der Waals surface area contributed by atoms with Crippen LogP contribution in [0.3, 0.4) is 0 Å². The first-order chi connectivity index (χ1) is 12.1. The summed E-state index contributed by atoms with van der Waals surface area (Å²) in [5, 5.41) is 7.75. The number of aliphatic imine (C=N–C) groups is 1. The van der Waals surface area contributed by atoms with E-state index in [-0.39, 0.29) is 0 Å². The molecule has 0 bridgehead atoms. The van der Waals surface area contributed by atoms with Crippen molar-refractivity contribution in [1.29, 1.82) is 0 Å². The third-order valence-electron chi connectivity index (χ3n) is 4.16. The molecule has 0 saturated carbocycles. The Balaban J connectivity index is 1.71. The van der Waals surface area contributed by atoms with Gasteiger partial charge in [-0.2, -0.15) is 5.10 Å². The van der Waals surface area contributed by atoms with Gasteiger partial charge in [0, 0.05) is 16.9 Å². The van der Waals surface area contributed by atoms with E-state index in [1.54, 1.807) is 0 Å². The van der Waals surface area contributed by atoms with Gasteiger partial charge in [0.2, 0.25) is 0 Å². The summed E-state index contributed by atoms with van der Waals surface area (Å²) in [6, 6.07) is 20.1. The second-order valence-electron chi connectivity index (χ2n) is 5.99. The van der Waals surface area contributed by atoms with E-state index < -0.39 is 0 Å². The summed E-state index contributed by atoms with van der Waals surface area (Å²) in [6.07, 6.45) is 0. The van der Waals surface area contributed by atoms with Crippen molar-refractivity contribution < 1.29 is 0 Å². The Morgan fingerprint density at radius 1 is 1.04 bits per heavy atom. The van der Waals surface area contributed by atoms with Gasteiger partial charge < -0.3 is 11.1 Å². The molecule has 0 radical (unpaired) electrons. The van der Waals surface area contributed by atoms with Gasteiger partial charge in [-0.3, -0.25) is 4.68 Å². The third kappa shape index (κ3) is 4.26. The van der Waals surface area contributed by atoms with Crippen LogP contribution in [0, 0.1) is 13.8 Å². The fourth-order valence-corrected chi connectivity index (χ4v) is 2.75. The van der Waals surface area contributed by atoms with Crippen LogP contribution in [-0.2, 0) is 13.1 Å². The number of hydrogen-bond acceptors (Lipinski definition) is 2. The minimum atomic E-state index is 0.404. The predicted molar refractivity (Wildman–Crippen MR) is 103 cm³/mol. The molecule has 2 aromatic carbocycles. The Labute approximate surface area is 148 Å². The molecule has 128 valence electrons. The van der Waals surface area contributed by atoms with Gasteiger partial charge in [0.25, 0.3) is 0 Å². The molecule has 0 unspecified atom stereocenters. The molecule has 5 nitrogen and oxygen atoms in total. The first kappa shape index (κ1) is 16.8. The fraction of sp³-hybridized carbons (Fsp3) is 0.200. The van der Waals surface area contributed by atoms with Crippen molar-refractivity contribution in [2.75, 3.05) is 5.32 Å². The standard InChI is InChI=1S/C20H23N5/c1-15-19(13-22-20(21)23-18-11-7-4-8-12-18)16(2)25(24-15)14-17-9-5-3-6-10-17/h3-12H,13-14H2,1-2H3,(H3,21,22,23). The number of rotatable bonds is 5. The molecule has 0 aliphatic carbocycles. The summed E-state index contributed by atoms with van der Waals surface area (Å²) < 4.78 is 2.02. The highest BCUT2D eigenvalue weighted by atomic mass is 15.3. The van der Waals surface area contributed by atoms with Gasteiger partial charge in [-0.05, 0) is 31.5 Å². The zero-order chi connectivity index (χ0) is 17.6. The van der Waals surface area contributed by atoms with Crippen LogP contribution in [0.1, 0.15) is 22.5 Å². The number of hydrogen-bond donors (Lipinski definition) is 2. The van der Waals surface area contributed by atoms with Crippen LogP contribution in [-0.4, -0.2) is 15.7 Å². The lowest BCUT2D eigenvalue weighted by molar-refractivity contribution is 0.658. The van der Waals surface area contributed by atoms with E-state index in [1.807, 2.05) is 60.1 Å². The summed E-state index contributed by atoms with van der Waals surface area (Å²) in [6.45, 7) is 5.36. The summed E-state index contributed by atoms with van der Waals surface area (Å²) >= 11 is 0. The first-order valence-electron chi connectivity index (χ1n) is 8.32. The molecule has 1 heterocycles. The van der Waals surface area contributed by atoms with E-state index in [0.29, 0.717) is 12.5 Å². The first-order valence-corrected chi connectivity index (χ1v) is 8.32. The summed E-state index contributed by atoms with van der Waals surface area (Å²) in [5.74, 6) is 0.404. The maximum atomic E-state index is 6.00. The molecule has 0 aliphatic rings. The Morgan fingerprint density at radius 2 is 1.68 bits per heavy atom. The van der Waals surface area contributed by atoms with Gasteiger partial charge in [0.1, 0.15) is 0 Å². The second kappa shape index (κ2) is 7.66. The van der Waals surface area contributed by atoms with Gasteiger partial charge in [-0.25, -0.2) is 4.99 Å². The quantitative estimate of drug-likeness (QED) is 0.555. The normalized spacial score (nSPS) is 11.5. The Kier molecular flexibility index (Phi) is 5.14. The molecule has 0 amide bonds. The van der Waals surface area contributed by atoms with E-state index >= 15 is 0 Å². The van der Waals surface area contributed by atoms with Gasteiger partial charge in [-0.15, -0.1) is 0 Å². The van der Waals surface area contributed by atoms with E-state index in [2.05, 4.69) is 34.5 Å². The molecular weight excluding hydrogens is 310 g/mol. The van der Waals surface area contributed by atoms with Crippen LogP contribution in [0.2, 0.25) is 0 Å². The molecule has 3 rings (SSSR count). The molecule has 25 heavy (non-hydrogen) atoms. The van der Waals surface area contributed by atoms with Crippen molar-refractivity contribution in [2.45, 2.75) is 26.9 Å². The van der Waals surface area contributed by atoms with Crippen molar-refractivity contribution >= 4 is 11.6 Å². The number of benzene rings is 2. The van der Waals surface area contributed by atoms with Gasteiger partial charge in [0.05, 0.1) is 18.8 Å². The molecule has 0 fully saturated rings. The van der Waals surface area contributed by atoms with Crippen LogP contribution in [0.4, 0.5) is 5.69 Å². The Morgan fingerprint density at radius 3 is 2.36 bits per heavy atom. The third-order valence-corrected chi connectivity index (χ3v) is 4.16. The number of guanidine groups is 1. The van der Waals surface area contributed by atoms with Gasteiger partial charge >= 0.3 is 0 Å². The van der Waals surface area contributed by atoms with E-state index in [9.17, 15) is 0 Å². The molecule has 0 atom stereocenters. The van der Waals surface area contributed by atoms with Crippen molar-refractivity contribution in [3.05, 3.63) is 83.2 Å². The topological polar surface area (TPSA) is 68.2 Å². The molecule has 0 aliphatic heterocycles. The van der Waals surface area contributed by atoms with Crippen LogP contribution in [0.25, 0.3) is 0 Å². The number of nitrogens with zero attached hydrogens (tertiary/aromatic N) is 3. The molecular formula is C20H23N5. The minimum absolute atomic E-state index is 0.404. The highest BCUT2D eigenvalue weighted by Gasteiger charge is 2.11. The number of anilines is 1. The van der Waals surface area contributed by atoms with Crippen LogP contribution in [0.15, 0.2) is 65.7 Å². The van der Waals surface area contributed by atoms with Crippen LogP contribution >= 0.6 is 0 Å². The Bertz CT molecular complexity index is 851. The number of nitrogens with two attached hydrogens (primary N) is 1. The average molecular weight is 333 g/mol. The number of nitrogens with one attached hydrogen (secondary N) is 1. The monoisotopic (exact) mass is 333 g/mol. The smallest absolute Gasteiger partial charge is 0.193 e. The largest absolute Gasteiger partial charge is 0.370 e. The van der Waals surface area contributed by atoms with E-state index in [1.165, 1.54) is 5.56 Å². The van der Waals surface area contributed by atoms with Crippen molar-refractivity contribution in [3.63, 3.8) is 0 Å². The lowest BCUT2D eigenvalue weighted by atomic mass is 10.2. The molecule has 3 N–H and O–H groups in total. The molecule has 0 saturated heterocycles. The summed E-state index contributed by atoms with van der Waals surface area (Å²) in [5.41, 5.74) is 11.4. The van der Waals surface area contributed by atoms with Gasteiger partial charge in [-0.1, -0.05) is 48.5 Å². The minimum Gasteiger partial charge on any atom is -0.370 e. The lowest BCUT2D eigenvalue weighted by Crippen LogP contribution is -2.22. The molecule has 3 aromatic rings. The Hall–Kier alpha value is -3.08. The van der Waals surface area contributed by atoms with Crippen molar-refractivity contribution in [3.8, 4) is 0 Å². The van der Waals surface area contributed by atoms with Crippen molar-refractivity contribution in [2.24, 2.45) is 10.7 Å². The van der Waals surface area contributed by atoms with Gasteiger partial charge in [0.15, 0.2) is 5.96 Å². The predicted octanol–water partition coefficient (Wildman–Crippen LogP) is 3.48. The fourth-order valence-electron chi connectivity index (χ4n) is 2.75. The number of aromatic nitrogens is 2. The molecule has 0 spiro atoms. The SMILES string of the molecule is Cc1nn(Cc2ccccc2)c(C)c1CN=C(N)Nc1ccccc1. The van der Waals surface area contributed by atoms with E-state index in [0.717, 1.165) is 29.2 Å². The summed E-state index contributed by atoms with van der Waals surface area (Å²) in [4.78, 5) is 4.46. The highest BCUT2D eigenvalue weighted by molar-refractivity contribution is 5.92. The lowest BCUT2D eigenvalue weighted by Gasteiger charge is -2.06. The summed E-state index contributed by atoms with van der Waals surface area (Å²) in [7, 11) is 0. The van der Waals surface area contributed by atoms with E-state index in [4.69, 9.17) is 5.73 Å². The van der Waals surface area contributed by atoms with Crippen LogP contribution < -0.4 is 11.1 Å². The van der Waals surface area contributed by atoms with Crippen LogP contribution in [0.5, 0.6) is 0 Å².